The van der Waals surface area contributed by atoms with E-state index >= 15 is 0 Å². The number of benzene rings is 2. The minimum atomic E-state index is 0.426. The summed E-state index contributed by atoms with van der Waals surface area (Å²) in [5.74, 6) is 0. The number of unbranched alkanes of at least 4 members (excludes halogenated alkanes) is 1. The number of hydrogen-bond acceptors (Lipinski definition) is 0. The van der Waals surface area contributed by atoms with Gasteiger partial charge in [-0.1, -0.05) is 86.5 Å². The van der Waals surface area contributed by atoms with Crippen LogP contribution in [0.1, 0.15) is 45.6 Å². The Balaban J connectivity index is 1.95. The van der Waals surface area contributed by atoms with E-state index in [4.69, 9.17) is 23.2 Å². The predicted molar refractivity (Wildman–Crippen MR) is 104 cm³/mol. The Morgan fingerprint density at radius 3 is 2.13 bits per heavy atom. The van der Waals surface area contributed by atoms with Gasteiger partial charge in [0, 0.05) is 0 Å². The number of hydrogen-bond donors (Lipinski definition) is 0. The zero-order valence-corrected chi connectivity index (χ0v) is 15.6. The van der Waals surface area contributed by atoms with Gasteiger partial charge in [-0.05, 0) is 53.5 Å². The summed E-state index contributed by atoms with van der Waals surface area (Å²) in [6, 6.07) is 14.2. The van der Waals surface area contributed by atoms with E-state index in [1.165, 1.54) is 18.4 Å². The van der Waals surface area contributed by atoms with Gasteiger partial charge in [-0.15, -0.1) is 0 Å². The Bertz CT molecular complexity index is 661. The predicted octanol–water partition coefficient (Wildman–Crippen LogP) is 7.89. The molecule has 0 saturated carbocycles. The molecule has 2 rings (SSSR count). The molecular weight excluding hydrogens is 323 g/mol. The van der Waals surface area contributed by atoms with Crippen molar-refractivity contribution in [3.05, 3.63) is 64.1 Å². The first-order valence-electron chi connectivity index (χ1n) is 8.07. The van der Waals surface area contributed by atoms with Crippen LogP contribution in [0.2, 0.25) is 10.0 Å². The molecule has 0 amide bonds. The third-order valence-electron chi connectivity index (χ3n) is 3.77. The Morgan fingerprint density at radius 1 is 0.870 bits per heavy atom. The van der Waals surface area contributed by atoms with Crippen molar-refractivity contribution < 1.29 is 0 Å². The van der Waals surface area contributed by atoms with Gasteiger partial charge in [0.25, 0.3) is 0 Å². The molecule has 122 valence electrons. The fourth-order valence-corrected chi connectivity index (χ4v) is 2.73. The van der Waals surface area contributed by atoms with Crippen LogP contribution in [0, 0.1) is 5.41 Å². The summed E-state index contributed by atoms with van der Waals surface area (Å²) in [4.78, 5) is 0. The van der Waals surface area contributed by atoms with Crippen LogP contribution in [0.5, 0.6) is 0 Å². The van der Waals surface area contributed by atoms with Gasteiger partial charge >= 0.3 is 0 Å². The van der Waals surface area contributed by atoms with Crippen LogP contribution >= 0.6 is 23.2 Å². The van der Waals surface area contributed by atoms with E-state index < -0.39 is 0 Å². The lowest BCUT2D eigenvalue weighted by Gasteiger charge is -2.16. The zero-order chi connectivity index (χ0) is 16.9. The molecule has 0 heterocycles. The van der Waals surface area contributed by atoms with Crippen LogP contribution in [0.4, 0.5) is 0 Å². The highest BCUT2D eigenvalue weighted by molar-refractivity contribution is 6.42. The molecule has 0 spiro atoms. The maximum Gasteiger partial charge on any atom is 0.0598 e. The normalized spacial score (nSPS) is 12.0. The smallest absolute Gasteiger partial charge is 0.0598 e. The summed E-state index contributed by atoms with van der Waals surface area (Å²) in [5.41, 5.74) is 3.88. The van der Waals surface area contributed by atoms with Crippen LogP contribution in [-0.2, 0) is 0 Å². The molecule has 0 N–H and O–H groups in total. The molecule has 2 heteroatoms. The molecule has 2 aromatic rings. The molecule has 0 aliphatic rings. The van der Waals surface area contributed by atoms with Crippen LogP contribution in [-0.4, -0.2) is 0 Å². The molecule has 23 heavy (non-hydrogen) atoms. The standard InChI is InChI=1S/C21H24Cl2/c1-21(2,3)14-6-4-5-7-16-8-10-17(11-9-16)18-12-13-19(22)20(23)15-18/h5,7-13,15H,4,6,14H2,1-3H3. The van der Waals surface area contributed by atoms with E-state index in [9.17, 15) is 0 Å². The lowest BCUT2D eigenvalue weighted by atomic mass is 9.90. The Labute approximate surface area is 150 Å². The van der Waals surface area contributed by atoms with Crippen LogP contribution in [0.25, 0.3) is 17.2 Å². The van der Waals surface area contributed by atoms with Crippen molar-refractivity contribution in [2.24, 2.45) is 5.41 Å². The lowest BCUT2D eigenvalue weighted by Crippen LogP contribution is -2.03. The molecule has 0 fully saturated rings. The molecule has 0 nitrogen and oxygen atoms in total. The highest BCUT2D eigenvalue weighted by Crippen LogP contribution is 2.28. The van der Waals surface area contributed by atoms with Crippen molar-refractivity contribution in [2.45, 2.75) is 40.0 Å². The second-order valence-electron chi connectivity index (χ2n) is 7.11. The Kier molecular flexibility index (Phi) is 6.33. The van der Waals surface area contributed by atoms with E-state index in [0.29, 0.717) is 15.5 Å². The summed E-state index contributed by atoms with van der Waals surface area (Å²) < 4.78 is 0. The SMILES string of the molecule is CC(C)(C)CCCC=Cc1ccc(-c2ccc(Cl)c(Cl)c2)cc1. The van der Waals surface area contributed by atoms with Gasteiger partial charge in [-0.3, -0.25) is 0 Å². The van der Waals surface area contributed by atoms with Crippen molar-refractivity contribution >= 4 is 29.3 Å². The maximum atomic E-state index is 6.08. The highest BCUT2D eigenvalue weighted by Gasteiger charge is 2.08. The largest absolute Gasteiger partial charge is 0.0839 e. The van der Waals surface area contributed by atoms with Gasteiger partial charge in [0.2, 0.25) is 0 Å². The van der Waals surface area contributed by atoms with E-state index in [-0.39, 0.29) is 0 Å². The first kappa shape index (κ1) is 18.1. The molecule has 0 aliphatic heterocycles. The van der Waals surface area contributed by atoms with Gasteiger partial charge in [-0.2, -0.15) is 0 Å². The molecular formula is C21H24Cl2. The molecule has 0 aliphatic carbocycles. The monoisotopic (exact) mass is 346 g/mol. The summed E-state index contributed by atoms with van der Waals surface area (Å²) in [5, 5.41) is 1.18. The number of allylic oxidation sites excluding steroid dienone is 1. The molecule has 0 unspecified atom stereocenters. The second kappa shape index (κ2) is 8.04. The number of rotatable bonds is 5. The van der Waals surface area contributed by atoms with Crippen molar-refractivity contribution in [3.63, 3.8) is 0 Å². The summed E-state index contributed by atoms with van der Waals surface area (Å²) in [7, 11) is 0. The average Bonchev–Trinajstić information content (AvgIpc) is 2.49. The van der Waals surface area contributed by atoms with Gasteiger partial charge in [0.05, 0.1) is 10.0 Å². The van der Waals surface area contributed by atoms with E-state index in [0.717, 1.165) is 17.5 Å². The summed E-state index contributed by atoms with van der Waals surface area (Å²) in [6.07, 6.45) is 8.09. The maximum absolute atomic E-state index is 6.08. The first-order valence-corrected chi connectivity index (χ1v) is 8.83. The van der Waals surface area contributed by atoms with E-state index in [1.54, 1.807) is 0 Å². The third kappa shape index (κ3) is 6.05. The first-order chi connectivity index (χ1) is 10.8. The molecule has 0 radical (unpaired) electrons. The van der Waals surface area contributed by atoms with Gasteiger partial charge in [0.1, 0.15) is 0 Å². The van der Waals surface area contributed by atoms with Gasteiger partial charge in [-0.25, -0.2) is 0 Å². The van der Waals surface area contributed by atoms with Crippen LogP contribution < -0.4 is 0 Å². The zero-order valence-electron chi connectivity index (χ0n) is 14.1. The molecule has 0 saturated heterocycles. The molecule has 0 bridgehead atoms. The lowest BCUT2D eigenvalue weighted by molar-refractivity contribution is 0.367. The van der Waals surface area contributed by atoms with E-state index in [2.05, 4.69) is 57.2 Å². The Hall–Kier alpha value is -1.24. The quantitative estimate of drug-likeness (QED) is 0.482. The highest BCUT2D eigenvalue weighted by atomic mass is 35.5. The average molecular weight is 347 g/mol. The minimum absolute atomic E-state index is 0.426. The van der Waals surface area contributed by atoms with Crippen molar-refractivity contribution in [1.82, 2.24) is 0 Å². The van der Waals surface area contributed by atoms with E-state index in [1.807, 2.05) is 18.2 Å². The van der Waals surface area contributed by atoms with Crippen molar-refractivity contribution in [1.29, 1.82) is 0 Å². The van der Waals surface area contributed by atoms with Crippen molar-refractivity contribution in [2.75, 3.05) is 0 Å². The van der Waals surface area contributed by atoms with Crippen LogP contribution in [0.15, 0.2) is 48.5 Å². The molecule has 2 aromatic carbocycles. The summed E-state index contributed by atoms with van der Waals surface area (Å²) >= 11 is 12.0. The van der Waals surface area contributed by atoms with Gasteiger partial charge in [0.15, 0.2) is 0 Å². The summed E-state index contributed by atoms with van der Waals surface area (Å²) in [6.45, 7) is 6.87. The molecule has 0 atom stereocenters. The van der Waals surface area contributed by atoms with Crippen molar-refractivity contribution in [3.8, 4) is 11.1 Å². The third-order valence-corrected chi connectivity index (χ3v) is 4.51. The Morgan fingerprint density at radius 2 is 1.52 bits per heavy atom. The minimum Gasteiger partial charge on any atom is -0.0839 e. The molecule has 0 aromatic heterocycles. The topological polar surface area (TPSA) is 0 Å². The van der Waals surface area contributed by atoms with Gasteiger partial charge < -0.3 is 0 Å². The fourth-order valence-electron chi connectivity index (χ4n) is 2.43. The number of halogens is 2. The second-order valence-corrected chi connectivity index (χ2v) is 7.92. The fraction of sp³-hybridized carbons (Fsp3) is 0.333. The van der Waals surface area contributed by atoms with Crippen LogP contribution in [0.3, 0.4) is 0 Å².